The van der Waals surface area contributed by atoms with Gasteiger partial charge in [-0.1, -0.05) is 0 Å². The zero-order valence-corrected chi connectivity index (χ0v) is 11.1. The number of fused-ring (bicyclic) bond motifs is 1. The maximum Gasteiger partial charge on any atom is 0.120 e. The zero-order valence-electron chi connectivity index (χ0n) is 11.1. The summed E-state index contributed by atoms with van der Waals surface area (Å²) >= 11 is 0. The molecule has 0 radical (unpaired) electrons. The molecule has 1 aliphatic rings. The molecule has 0 aliphatic carbocycles. The minimum atomic E-state index is -0.190. The number of nitrogens with one attached hydrogen (secondary N) is 2. The predicted molar refractivity (Wildman–Crippen MR) is 75.5 cm³/mol. The summed E-state index contributed by atoms with van der Waals surface area (Å²) in [5, 5.41) is 14.6. The minimum absolute atomic E-state index is 0.190. The molecule has 4 nitrogen and oxygen atoms in total. The number of methoxy groups -OCH3 is 1. The molecule has 0 spiro atoms. The van der Waals surface area contributed by atoms with Crippen LogP contribution in [0.5, 0.6) is 5.75 Å². The summed E-state index contributed by atoms with van der Waals surface area (Å²) in [6.07, 6.45) is 3.61. The highest BCUT2D eigenvalue weighted by molar-refractivity contribution is 5.84. The molecule has 19 heavy (non-hydrogen) atoms. The molecule has 3 rings (SSSR count). The summed E-state index contributed by atoms with van der Waals surface area (Å²) in [6, 6.07) is 6.08. The number of rotatable bonds is 3. The molecule has 1 fully saturated rings. The Morgan fingerprint density at radius 1 is 1.42 bits per heavy atom. The van der Waals surface area contributed by atoms with Gasteiger partial charge in [-0.15, -0.1) is 0 Å². The number of piperidine rings is 1. The maximum absolute atomic E-state index is 10.1. The van der Waals surface area contributed by atoms with Gasteiger partial charge in [-0.25, -0.2) is 0 Å². The van der Waals surface area contributed by atoms with Gasteiger partial charge < -0.3 is 20.1 Å². The number of benzene rings is 1. The molecule has 102 valence electrons. The van der Waals surface area contributed by atoms with Crippen molar-refractivity contribution in [1.82, 2.24) is 10.3 Å². The van der Waals surface area contributed by atoms with E-state index < -0.39 is 0 Å². The summed E-state index contributed by atoms with van der Waals surface area (Å²) in [7, 11) is 1.68. The molecule has 4 heteroatoms. The number of aliphatic hydroxyl groups excluding tert-OH is 1. The smallest absolute Gasteiger partial charge is 0.120 e. The molecular formula is C15H20N2O2. The molecule has 2 unspecified atom stereocenters. The second kappa shape index (κ2) is 5.23. The van der Waals surface area contributed by atoms with Crippen LogP contribution in [0.3, 0.4) is 0 Å². The zero-order chi connectivity index (χ0) is 13.2. The van der Waals surface area contributed by atoms with Crippen LogP contribution in [0.15, 0.2) is 24.4 Å². The van der Waals surface area contributed by atoms with Crippen molar-refractivity contribution >= 4 is 10.9 Å². The third kappa shape index (κ3) is 2.46. The maximum atomic E-state index is 10.1. The fourth-order valence-electron chi connectivity index (χ4n) is 2.86. The van der Waals surface area contributed by atoms with E-state index in [4.69, 9.17) is 4.74 Å². The third-order valence-electron chi connectivity index (χ3n) is 4.02. The summed E-state index contributed by atoms with van der Waals surface area (Å²) in [5.41, 5.74) is 2.36. The number of H-pyrrole nitrogens is 1. The molecule has 0 bridgehead atoms. The molecular weight excluding hydrogens is 240 g/mol. The van der Waals surface area contributed by atoms with Gasteiger partial charge in [-0.3, -0.25) is 0 Å². The van der Waals surface area contributed by atoms with E-state index in [1.165, 1.54) is 10.9 Å². The first-order valence-electron chi connectivity index (χ1n) is 6.80. The highest BCUT2D eigenvalue weighted by Gasteiger charge is 2.23. The molecule has 1 aromatic carbocycles. The Balaban J connectivity index is 1.84. The molecule has 3 N–H and O–H groups in total. The average molecular weight is 260 g/mol. The quantitative estimate of drug-likeness (QED) is 0.787. The van der Waals surface area contributed by atoms with Crippen LogP contribution in [0.1, 0.15) is 12.0 Å². The van der Waals surface area contributed by atoms with Crippen molar-refractivity contribution in [1.29, 1.82) is 0 Å². The first kappa shape index (κ1) is 12.5. The lowest BCUT2D eigenvalue weighted by Gasteiger charge is -2.28. The number of aliphatic hydroxyl groups is 1. The summed E-state index contributed by atoms with van der Waals surface area (Å²) in [5.74, 6) is 1.16. The van der Waals surface area contributed by atoms with Gasteiger partial charge in [0.05, 0.1) is 13.2 Å². The van der Waals surface area contributed by atoms with Crippen LogP contribution in [-0.2, 0) is 6.42 Å². The second-order valence-corrected chi connectivity index (χ2v) is 5.25. The van der Waals surface area contributed by atoms with E-state index >= 15 is 0 Å². The van der Waals surface area contributed by atoms with Crippen LogP contribution in [0, 0.1) is 5.92 Å². The molecule has 1 saturated heterocycles. The fourth-order valence-corrected chi connectivity index (χ4v) is 2.86. The van der Waals surface area contributed by atoms with Crippen LogP contribution in [0.2, 0.25) is 0 Å². The van der Waals surface area contributed by atoms with E-state index in [1.807, 2.05) is 18.3 Å². The van der Waals surface area contributed by atoms with E-state index in [9.17, 15) is 5.11 Å². The molecule has 2 atom stereocenters. The lowest BCUT2D eigenvalue weighted by molar-refractivity contribution is 0.0793. The Bertz CT molecular complexity index is 564. The van der Waals surface area contributed by atoms with Crippen LogP contribution >= 0.6 is 0 Å². The summed E-state index contributed by atoms with van der Waals surface area (Å²) < 4.78 is 5.23. The molecule has 0 amide bonds. The Hall–Kier alpha value is -1.52. The van der Waals surface area contributed by atoms with Gasteiger partial charge in [0.25, 0.3) is 0 Å². The van der Waals surface area contributed by atoms with Crippen molar-refractivity contribution in [3.8, 4) is 5.75 Å². The van der Waals surface area contributed by atoms with Crippen LogP contribution in [-0.4, -0.2) is 36.4 Å². The van der Waals surface area contributed by atoms with Crippen LogP contribution in [0.4, 0.5) is 0 Å². The molecule has 2 aromatic rings. The standard InChI is InChI=1S/C15H20N2O2/c1-19-12-2-3-13-10(9-17-14(13)7-12)6-11-8-16-5-4-15(11)18/h2-3,7,9,11,15-18H,4-6,8H2,1H3. The van der Waals surface area contributed by atoms with Crippen molar-refractivity contribution < 1.29 is 9.84 Å². The van der Waals surface area contributed by atoms with Gasteiger partial charge in [-0.05, 0) is 37.1 Å². The average Bonchev–Trinajstić information content (AvgIpc) is 2.83. The van der Waals surface area contributed by atoms with Crippen molar-refractivity contribution in [2.45, 2.75) is 18.9 Å². The summed E-state index contributed by atoms with van der Waals surface area (Å²) in [6.45, 7) is 1.81. The Morgan fingerprint density at radius 2 is 2.32 bits per heavy atom. The Labute approximate surface area is 112 Å². The van der Waals surface area contributed by atoms with Gasteiger partial charge in [0, 0.05) is 35.6 Å². The van der Waals surface area contributed by atoms with Gasteiger partial charge in [0.2, 0.25) is 0 Å². The first-order chi connectivity index (χ1) is 9.28. The topological polar surface area (TPSA) is 57.3 Å². The van der Waals surface area contributed by atoms with Crippen molar-refractivity contribution in [2.75, 3.05) is 20.2 Å². The van der Waals surface area contributed by atoms with E-state index in [0.717, 1.165) is 37.2 Å². The van der Waals surface area contributed by atoms with Gasteiger partial charge in [-0.2, -0.15) is 0 Å². The van der Waals surface area contributed by atoms with Gasteiger partial charge in [0.1, 0.15) is 5.75 Å². The SMILES string of the molecule is COc1ccc2c(CC3CNCCC3O)c[nH]c2c1. The molecule has 0 saturated carbocycles. The lowest BCUT2D eigenvalue weighted by Crippen LogP contribution is -2.40. The van der Waals surface area contributed by atoms with Crippen molar-refractivity contribution in [3.63, 3.8) is 0 Å². The predicted octanol–water partition coefficient (Wildman–Crippen LogP) is 1.69. The molecule has 2 heterocycles. The number of aromatic amines is 1. The van der Waals surface area contributed by atoms with Gasteiger partial charge in [0.15, 0.2) is 0 Å². The van der Waals surface area contributed by atoms with Crippen LogP contribution in [0.25, 0.3) is 10.9 Å². The Kier molecular flexibility index (Phi) is 3.44. The molecule has 1 aromatic heterocycles. The Morgan fingerprint density at radius 3 is 3.11 bits per heavy atom. The highest BCUT2D eigenvalue weighted by atomic mass is 16.5. The van der Waals surface area contributed by atoms with E-state index in [-0.39, 0.29) is 6.10 Å². The van der Waals surface area contributed by atoms with Gasteiger partial charge >= 0.3 is 0 Å². The largest absolute Gasteiger partial charge is 0.497 e. The normalized spacial score (nSPS) is 23.7. The monoisotopic (exact) mass is 260 g/mol. The number of ether oxygens (including phenoxy) is 1. The number of aromatic nitrogens is 1. The van der Waals surface area contributed by atoms with E-state index in [1.54, 1.807) is 7.11 Å². The molecule has 1 aliphatic heterocycles. The van der Waals surface area contributed by atoms with E-state index in [0.29, 0.717) is 5.92 Å². The minimum Gasteiger partial charge on any atom is -0.497 e. The first-order valence-corrected chi connectivity index (χ1v) is 6.80. The lowest BCUT2D eigenvalue weighted by atomic mass is 9.89. The highest BCUT2D eigenvalue weighted by Crippen LogP contribution is 2.26. The van der Waals surface area contributed by atoms with Crippen molar-refractivity contribution in [2.24, 2.45) is 5.92 Å². The summed E-state index contributed by atoms with van der Waals surface area (Å²) in [4.78, 5) is 3.29. The van der Waals surface area contributed by atoms with E-state index in [2.05, 4.69) is 16.4 Å². The third-order valence-corrected chi connectivity index (χ3v) is 4.02. The fraction of sp³-hybridized carbons (Fsp3) is 0.467. The second-order valence-electron chi connectivity index (χ2n) is 5.25. The number of hydrogen-bond donors (Lipinski definition) is 3. The van der Waals surface area contributed by atoms with Crippen molar-refractivity contribution in [3.05, 3.63) is 30.0 Å². The van der Waals surface area contributed by atoms with Crippen LogP contribution < -0.4 is 10.1 Å². The number of hydrogen-bond acceptors (Lipinski definition) is 3.